The summed E-state index contributed by atoms with van der Waals surface area (Å²) in [5.41, 5.74) is 2.99. The maximum absolute atomic E-state index is 11.7. The molecule has 0 aliphatic heterocycles. The van der Waals surface area contributed by atoms with Crippen molar-refractivity contribution in [2.45, 2.75) is 19.9 Å². The average molecular weight is 363 g/mol. The van der Waals surface area contributed by atoms with Crippen molar-refractivity contribution in [3.05, 3.63) is 29.8 Å². The van der Waals surface area contributed by atoms with Gasteiger partial charge in [-0.3, -0.25) is 18.8 Å². The molecule has 0 fully saturated rings. The first-order valence-electron chi connectivity index (χ1n) is 7.89. The molecular weight excluding hydrogens is 344 g/mol. The molecule has 3 aromatic heterocycles. The number of hydrogen-bond donors (Lipinski definition) is 0. The Hall–Kier alpha value is -2.61. The van der Waals surface area contributed by atoms with Crippen molar-refractivity contribution in [1.82, 2.24) is 29.3 Å². The first-order valence-corrected chi connectivity index (χ1v) is 8.27. The van der Waals surface area contributed by atoms with E-state index in [0.29, 0.717) is 23.9 Å². The standard InChI is InChI=1S/C16H19ClN6O2/c1-4-25-13(24)5-6-23-16(12-8-19-22(3)10-12)14(17)15(20-23)11-7-18-21(2)9-11/h7-10H,4-6H2,1-3H3. The van der Waals surface area contributed by atoms with Gasteiger partial charge in [0.05, 0.1) is 42.7 Å². The van der Waals surface area contributed by atoms with Crippen LogP contribution in [0.3, 0.4) is 0 Å². The Morgan fingerprint density at radius 3 is 2.36 bits per heavy atom. The highest BCUT2D eigenvalue weighted by molar-refractivity contribution is 6.35. The Balaban J connectivity index is 2.01. The van der Waals surface area contributed by atoms with Crippen LogP contribution in [0.15, 0.2) is 24.8 Å². The van der Waals surface area contributed by atoms with E-state index < -0.39 is 0 Å². The summed E-state index contributed by atoms with van der Waals surface area (Å²) < 4.78 is 10.1. The number of nitrogens with zero attached hydrogens (tertiary/aromatic N) is 6. The fraction of sp³-hybridized carbons (Fsp3) is 0.375. The minimum atomic E-state index is -0.269. The maximum atomic E-state index is 11.7. The number of halogens is 1. The van der Waals surface area contributed by atoms with Crippen molar-refractivity contribution in [2.75, 3.05) is 6.61 Å². The Kier molecular flexibility index (Phi) is 4.89. The van der Waals surface area contributed by atoms with Crippen molar-refractivity contribution < 1.29 is 9.53 Å². The van der Waals surface area contributed by atoms with E-state index in [0.717, 1.165) is 16.8 Å². The van der Waals surface area contributed by atoms with Gasteiger partial charge in [0.15, 0.2) is 0 Å². The molecule has 132 valence electrons. The summed E-state index contributed by atoms with van der Waals surface area (Å²) >= 11 is 6.62. The third kappa shape index (κ3) is 3.58. The number of carbonyl (C=O) groups is 1. The van der Waals surface area contributed by atoms with Gasteiger partial charge >= 0.3 is 5.97 Å². The number of carbonyl (C=O) groups excluding carboxylic acids is 1. The summed E-state index contributed by atoms with van der Waals surface area (Å²) in [5, 5.41) is 13.5. The van der Waals surface area contributed by atoms with E-state index >= 15 is 0 Å². The smallest absolute Gasteiger partial charge is 0.307 e. The van der Waals surface area contributed by atoms with Gasteiger partial charge in [0.2, 0.25) is 0 Å². The van der Waals surface area contributed by atoms with E-state index in [1.54, 1.807) is 33.4 Å². The average Bonchev–Trinajstić information content (AvgIpc) is 3.25. The fourth-order valence-corrected chi connectivity index (χ4v) is 2.93. The van der Waals surface area contributed by atoms with Crippen LogP contribution in [0, 0.1) is 0 Å². The molecule has 8 nitrogen and oxygen atoms in total. The van der Waals surface area contributed by atoms with Gasteiger partial charge in [-0.2, -0.15) is 15.3 Å². The van der Waals surface area contributed by atoms with E-state index in [1.807, 2.05) is 26.5 Å². The summed E-state index contributed by atoms with van der Waals surface area (Å²) in [6, 6.07) is 0. The van der Waals surface area contributed by atoms with Crippen LogP contribution in [0.5, 0.6) is 0 Å². The lowest BCUT2D eigenvalue weighted by Crippen LogP contribution is -2.10. The van der Waals surface area contributed by atoms with Crippen molar-refractivity contribution in [3.8, 4) is 22.5 Å². The van der Waals surface area contributed by atoms with Crippen molar-refractivity contribution in [3.63, 3.8) is 0 Å². The van der Waals surface area contributed by atoms with Gasteiger partial charge in [-0.15, -0.1) is 0 Å². The molecule has 3 rings (SSSR count). The van der Waals surface area contributed by atoms with Gasteiger partial charge in [-0.25, -0.2) is 0 Å². The van der Waals surface area contributed by atoms with Crippen molar-refractivity contribution in [2.24, 2.45) is 14.1 Å². The number of hydrogen-bond acceptors (Lipinski definition) is 5. The first kappa shape index (κ1) is 17.2. The van der Waals surface area contributed by atoms with Gasteiger partial charge < -0.3 is 4.74 Å². The van der Waals surface area contributed by atoms with Crippen LogP contribution in [-0.4, -0.2) is 41.9 Å². The van der Waals surface area contributed by atoms with Gasteiger partial charge in [0.1, 0.15) is 5.69 Å². The summed E-state index contributed by atoms with van der Waals surface area (Å²) in [6.07, 6.45) is 7.34. The highest BCUT2D eigenvalue weighted by Gasteiger charge is 2.21. The predicted octanol–water partition coefficient (Wildman–Crippen LogP) is 2.29. The van der Waals surface area contributed by atoms with Crippen LogP contribution in [-0.2, 0) is 30.2 Å². The highest BCUT2D eigenvalue weighted by Crippen LogP contribution is 2.36. The molecule has 0 aliphatic carbocycles. The molecule has 0 bridgehead atoms. The normalized spacial score (nSPS) is 11.0. The third-order valence-electron chi connectivity index (χ3n) is 3.68. The minimum Gasteiger partial charge on any atom is -0.466 e. The zero-order chi connectivity index (χ0) is 18.0. The fourth-order valence-electron chi connectivity index (χ4n) is 2.58. The number of aromatic nitrogens is 6. The lowest BCUT2D eigenvalue weighted by atomic mass is 10.2. The van der Waals surface area contributed by atoms with E-state index in [1.165, 1.54) is 0 Å². The van der Waals surface area contributed by atoms with Gasteiger partial charge in [0.25, 0.3) is 0 Å². The van der Waals surface area contributed by atoms with Crippen molar-refractivity contribution >= 4 is 17.6 Å². The SMILES string of the molecule is CCOC(=O)CCn1nc(-c2cnn(C)c2)c(Cl)c1-c1cnn(C)c1. The van der Waals surface area contributed by atoms with Crippen molar-refractivity contribution in [1.29, 1.82) is 0 Å². The van der Waals surface area contributed by atoms with E-state index in [4.69, 9.17) is 16.3 Å². The first-order chi connectivity index (χ1) is 12.0. The summed E-state index contributed by atoms with van der Waals surface area (Å²) in [7, 11) is 3.66. The summed E-state index contributed by atoms with van der Waals surface area (Å²) in [6.45, 7) is 2.50. The molecular formula is C16H19ClN6O2. The van der Waals surface area contributed by atoms with E-state index in [9.17, 15) is 4.79 Å². The molecule has 0 aromatic carbocycles. The summed E-state index contributed by atoms with van der Waals surface area (Å²) in [5.74, 6) is -0.269. The topological polar surface area (TPSA) is 79.8 Å². The minimum absolute atomic E-state index is 0.214. The molecule has 9 heteroatoms. The highest BCUT2D eigenvalue weighted by atomic mass is 35.5. The Morgan fingerprint density at radius 1 is 1.16 bits per heavy atom. The Morgan fingerprint density at radius 2 is 1.80 bits per heavy atom. The molecule has 0 N–H and O–H groups in total. The monoisotopic (exact) mass is 362 g/mol. The van der Waals surface area contributed by atoms with Gasteiger partial charge in [0, 0.05) is 37.6 Å². The molecule has 3 heterocycles. The van der Waals surface area contributed by atoms with Crippen LogP contribution in [0.1, 0.15) is 13.3 Å². The molecule has 0 aliphatic rings. The molecule has 0 amide bonds. The number of aryl methyl sites for hydroxylation is 3. The third-order valence-corrected chi connectivity index (χ3v) is 4.04. The molecule has 0 saturated carbocycles. The van der Waals surface area contributed by atoms with Crippen LogP contribution >= 0.6 is 11.6 Å². The second-order valence-corrected chi connectivity index (χ2v) is 5.97. The van der Waals surface area contributed by atoms with E-state index in [-0.39, 0.29) is 12.4 Å². The van der Waals surface area contributed by atoms with Crippen LogP contribution < -0.4 is 0 Å². The lowest BCUT2D eigenvalue weighted by molar-refractivity contribution is -0.143. The molecule has 0 saturated heterocycles. The van der Waals surface area contributed by atoms with Gasteiger partial charge in [-0.05, 0) is 6.92 Å². The molecule has 0 atom stereocenters. The molecule has 25 heavy (non-hydrogen) atoms. The maximum Gasteiger partial charge on any atom is 0.307 e. The molecule has 0 spiro atoms. The molecule has 3 aromatic rings. The quantitative estimate of drug-likeness (QED) is 0.628. The van der Waals surface area contributed by atoms with Gasteiger partial charge in [-0.1, -0.05) is 11.6 Å². The second kappa shape index (κ2) is 7.10. The van der Waals surface area contributed by atoms with E-state index in [2.05, 4.69) is 15.3 Å². The Labute approximate surface area is 150 Å². The molecule has 0 unspecified atom stereocenters. The zero-order valence-electron chi connectivity index (χ0n) is 14.3. The predicted molar refractivity (Wildman–Crippen MR) is 92.9 cm³/mol. The number of ether oxygens (including phenoxy) is 1. The number of rotatable bonds is 6. The zero-order valence-corrected chi connectivity index (χ0v) is 15.1. The second-order valence-electron chi connectivity index (χ2n) is 5.59. The Bertz CT molecular complexity index is 894. The summed E-state index contributed by atoms with van der Waals surface area (Å²) in [4.78, 5) is 11.7. The van der Waals surface area contributed by atoms with Crippen LogP contribution in [0.4, 0.5) is 0 Å². The lowest BCUT2D eigenvalue weighted by Gasteiger charge is -2.06. The largest absolute Gasteiger partial charge is 0.466 e. The van der Waals surface area contributed by atoms with Crippen LogP contribution in [0.2, 0.25) is 5.02 Å². The van der Waals surface area contributed by atoms with Crippen LogP contribution in [0.25, 0.3) is 22.5 Å². The number of esters is 1. The molecule has 0 radical (unpaired) electrons.